The fourth-order valence-corrected chi connectivity index (χ4v) is 4.00. The summed E-state index contributed by atoms with van der Waals surface area (Å²) < 4.78 is 5.01. The smallest absolute Gasteiger partial charge is 0.310 e. The Morgan fingerprint density at radius 1 is 1.25 bits per heavy atom. The second-order valence-electron chi connectivity index (χ2n) is 6.27. The number of nitrogens with one attached hydrogen (secondary N) is 1. The van der Waals surface area contributed by atoms with E-state index in [1.807, 2.05) is 0 Å². The average molecular weight is 273 g/mol. The molecule has 2 unspecified atom stereocenters. The molecular weight excluding hydrogens is 250 g/mol. The predicted octanol–water partition coefficient (Wildman–Crippen LogP) is 2.67. The minimum absolute atomic E-state index is 0.0291. The molecule has 2 saturated carbocycles. The van der Waals surface area contributed by atoms with Crippen LogP contribution in [0.4, 0.5) is 0 Å². The lowest BCUT2D eigenvalue weighted by Crippen LogP contribution is -2.44. The summed E-state index contributed by atoms with van der Waals surface area (Å²) in [6.07, 6.45) is 3.63. The van der Waals surface area contributed by atoms with E-state index in [1.54, 1.807) is 0 Å². The van der Waals surface area contributed by atoms with Crippen LogP contribution in [0.2, 0.25) is 0 Å². The van der Waals surface area contributed by atoms with Gasteiger partial charge in [-0.3, -0.25) is 4.79 Å². The Bertz CT molecular complexity index is 482. The molecule has 0 saturated heterocycles. The van der Waals surface area contributed by atoms with Crippen molar-refractivity contribution >= 4 is 5.97 Å². The van der Waals surface area contributed by atoms with Crippen molar-refractivity contribution in [3.63, 3.8) is 0 Å². The van der Waals surface area contributed by atoms with Gasteiger partial charge in [-0.05, 0) is 43.6 Å². The van der Waals surface area contributed by atoms with Gasteiger partial charge in [-0.2, -0.15) is 0 Å². The van der Waals surface area contributed by atoms with E-state index < -0.39 is 0 Å². The molecule has 2 aliphatic carbocycles. The van der Waals surface area contributed by atoms with Crippen LogP contribution in [0.5, 0.6) is 0 Å². The lowest BCUT2D eigenvalue weighted by Gasteiger charge is -2.30. The van der Waals surface area contributed by atoms with Crippen molar-refractivity contribution in [3.8, 4) is 0 Å². The summed E-state index contributed by atoms with van der Waals surface area (Å²) in [6, 6.07) is 8.87. The number of benzene rings is 1. The third-order valence-electron chi connectivity index (χ3n) is 5.05. The first-order chi connectivity index (χ1) is 9.69. The number of fused-ring (bicyclic) bond motifs is 2. The van der Waals surface area contributed by atoms with Crippen LogP contribution in [0.1, 0.15) is 30.4 Å². The van der Waals surface area contributed by atoms with Crippen molar-refractivity contribution in [2.75, 3.05) is 7.11 Å². The van der Waals surface area contributed by atoms with Gasteiger partial charge in [-0.15, -0.1) is 0 Å². The Labute approximate surface area is 120 Å². The second-order valence-corrected chi connectivity index (χ2v) is 6.27. The number of esters is 1. The monoisotopic (exact) mass is 273 g/mol. The van der Waals surface area contributed by atoms with Gasteiger partial charge >= 0.3 is 5.97 Å². The highest BCUT2D eigenvalue weighted by Gasteiger charge is 2.51. The molecule has 0 aromatic heterocycles. The molecule has 1 aromatic rings. The maximum absolute atomic E-state index is 12.0. The van der Waals surface area contributed by atoms with Gasteiger partial charge in [0.2, 0.25) is 0 Å². The van der Waals surface area contributed by atoms with Crippen LogP contribution < -0.4 is 5.32 Å². The summed E-state index contributed by atoms with van der Waals surface area (Å²) in [4.78, 5) is 12.0. The molecule has 3 rings (SSSR count). The number of ether oxygens (including phenoxy) is 1. The summed E-state index contributed by atoms with van der Waals surface area (Å²) in [7, 11) is 1.51. The van der Waals surface area contributed by atoms with Crippen molar-refractivity contribution in [2.24, 2.45) is 17.8 Å². The zero-order valence-corrected chi connectivity index (χ0v) is 12.3. The maximum atomic E-state index is 12.0. The Kier molecular flexibility index (Phi) is 3.79. The van der Waals surface area contributed by atoms with Crippen molar-refractivity contribution in [2.45, 2.75) is 38.8 Å². The van der Waals surface area contributed by atoms with E-state index in [9.17, 15) is 4.79 Å². The molecule has 0 radical (unpaired) electrons. The van der Waals surface area contributed by atoms with Crippen LogP contribution in [0, 0.1) is 24.7 Å². The highest BCUT2D eigenvalue weighted by atomic mass is 16.5. The summed E-state index contributed by atoms with van der Waals surface area (Å²) >= 11 is 0. The number of methoxy groups -OCH3 is 1. The largest absolute Gasteiger partial charge is 0.469 e. The number of rotatable bonds is 4. The first kappa shape index (κ1) is 13.6. The number of aryl methyl sites for hydroxylation is 1. The van der Waals surface area contributed by atoms with Gasteiger partial charge < -0.3 is 10.1 Å². The summed E-state index contributed by atoms with van der Waals surface area (Å²) in [5.74, 6) is 1.21. The van der Waals surface area contributed by atoms with Gasteiger partial charge in [0.05, 0.1) is 13.0 Å². The van der Waals surface area contributed by atoms with Gasteiger partial charge in [0.25, 0.3) is 0 Å². The topological polar surface area (TPSA) is 38.3 Å². The van der Waals surface area contributed by atoms with Gasteiger partial charge in [0, 0.05) is 12.6 Å². The highest BCUT2D eigenvalue weighted by molar-refractivity contribution is 5.74. The van der Waals surface area contributed by atoms with E-state index in [0.717, 1.165) is 6.54 Å². The minimum atomic E-state index is -0.0291. The lowest BCUT2D eigenvalue weighted by molar-refractivity contribution is -0.148. The molecule has 1 aromatic carbocycles. The molecular formula is C17H23NO2. The Morgan fingerprint density at radius 3 is 2.65 bits per heavy atom. The van der Waals surface area contributed by atoms with Gasteiger partial charge in [0.1, 0.15) is 0 Å². The molecule has 2 aliphatic rings. The minimum Gasteiger partial charge on any atom is -0.469 e. The third-order valence-corrected chi connectivity index (χ3v) is 5.05. The quantitative estimate of drug-likeness (QED) is 0.857. The van der Waals surface area contributed by atoms with Crippen molar-refractivity contribution < 1.29 is 9.53 Å². The van der Waals surface area contributed by atoms with Gasteiger partial charge in [-0.1, -0.05) is 29.8 Å². The van der Waals surface area contributed by atoms with Crippen LogP contribution in [-0.4, -0.2) is 19.1 Å². The molecule has 3 heteroatoms. The van der Waals surface area contributed by atoms with Gasteiger partial charge in [0.15, 0.2) is 0 Å². The normalized spacial score (nSPS) is 31.5. The molecule has 2 bridgehead atoms. The van der Waals surface area contributed by atoms with Gasteiger partial charge in [-0.25, -0.2) is 0 Å². The van der Waals surface area contributed by atoms with Crippen molar-refractivity contribution in [1.82, 2.24) is 5.32 Å². The summed E-state index contributed by atoms with van der Waals surface area (Å²) in [6.45, 7) is 2.93. The Morgan fingerprint density at radius 2 is 1.95 bits per heavy atom. The fraction of sp³-hybridized carbons (Fsp3) is 0.588. The SMILES string of the molecule is COC(=O)C1C(NCc2ccc(C)cc2)[C@H]2CC[C@@H]1C2. The molecule has 3 nitrogen and oxygen atoms in total. The van der Waals surface area contributed by atoms with Crippen LogP contribution in [0.3, 0.4) is 0 Å². The van der Waals surface area contributed by atoms with E-state index in [4.69, 9.17) is 4.74 Å². The fourth-order valence-electron chi connectivity index (χ4n) is 4.00. The highest BCUT2D eigenvalue weighted by Crippen LogP contribution is 2.48. The molecule has 2 fully saturated rings. The van der Waals surface area contributed by atoms with E-state index in [2.05, 4.69) is 36.5 Å². The zero-order valence-electron chi connectivity index (χ0n) is 12.3. The van der Waals surface area contributed by atoms with E-state index >= 15 is 0 Å². The van der Waals surface area contributed by atoms with Crippen LogP contribution >= 0.6 is 0 Å². The maximum Gasteiger partial charge on any atom is 0.310 e. The third kappa shape index (κ3) is 2.47. The van der Waals surface area contributed by atoms with Crippen LogP contribution in [0.25, 0.3) is 0 Å². The molecule has 4 atom stereocenters. The van der Waals surface area contributed by atoms with Crippen molar-refractivity contribution in [3.05, 3.63) is 35.4 Å². The number of hydrogen-bond donors (Lipinski definition) is 1. The molecule has 108 valence electrons. The molecule has 20 heavy (non-hydrogen) atoms. The van der Waals surface area contributed by atoms with E-state index in [0.29, 0.717) is 17.9 Å². The molecule has 0 amide bonds. The average Bonchev–Trinajstić information content (AvgIpc) is 3.06. The number of hydrogen-bond acceptors (Lipinski definition) is 3. The molecule has 0 heterocycles. The summed E-state index contributed by atoms with van der Waals surface area (Å²) in [5.41, 5.74) is 2.56. The predicted molar refractivity (Wildman–Crippen MR) is 78.1 cm³/mol. The molecule has 0 aliphatic heterocycles. The van der Waals surface area contributed by atoms with Crippen molar-refractivity contribution in [1.29, 1.82) is 0 Å². The van der Waals surface area contributed by atoms with Crippen LogP contribution in [-0.2, 0) is 16.1 Å². The Balaban J connectivity index is 1.66. The van der Waals surface area contributed by atoms with E-state index in [1.165, 1.54) is 37.5 Å². The Hall–Kier alpha value is -1.35. The summed E-state index contributed by atoms with van der Waals surface area (Å²) in [5, 5.41) is 3.61. The standard InChI is InChI=1S/C17H23NO2/c1-11-3-5-12(6-4-11)10-18-16-14-8-7-13(9-14)15(16)17(19)20-2/h3-6,13-16,18H,7-10H2,1-2H3/t13-,14+,15?,16?/m1/s1. The zero-order chi connectivity index (χ0) is 14.1. The van der Waals surface area contributed by atoms with E-state index in [-0.39, 0.29) is 11.9 Å². The first-order valence-electron chi connectivity index (χ1n) is 7.56. The second kappa shape index (κ2) is 5.57. The van der Waals surface area contributed by atoms with Crippen LogP contribution in [0.15, 0.2) is 24.3 Å². The lowest BCUT2D eigenvalue weighted by atomic mass is 9.84. The first-order valence-corrected chi connectivity index (χ1v) is 7.56. The number of carbonyl (C=O) groups excluding carboxylic acids is 1. The molecule has 1 N–H and O–H groups in total. The molecule has 0 spiro atoms. The number of carbonyl (C=O) groups is 1.